The molecule has 3 heteroatoms. The van der Waals surface area contributed by atoms with Crippen LogP contribution >= 0.6 is 27.3 Å². The highest BCUT2D eigenvalue weighted by Gasteiger charge is 2.23. The number of hydrogen-bond acceptors (Lipinski definition) is 2. The Bertz CT molecular complexity index is 602. The molecule has 1 atom stereocenters. The molecule has 0 radical (unpaired) electrons. The van der Waals surface area contributed by atoms with Gasteiger partial charge in [0.15, 0.2) is 5.78 Å². The second kappa shape index (κ2) is 5.59. The molecular formula is C16H15BrOS. The van der Waals surface area contributed by atoms with Crippen LogP contribution in [0.25, 0.3) is 0 Å². The standard InChI is InChI=1S/C16H15BrOS/c17-16-9-13(10-19-16)15(18)8-12-6-3-5-11-4-1-2-7-14(11)12/h1-2,4,7,9-10,12H,3,5-6,8H2. The lowest BCUT2D eigenvalue weighted by atomic mass is 9.80. The molecule has 1 aliphatic rings. The average molecular weight is 335 g/mol. The summed E-state index contributed by atoms with van der Waals surface area (Å²) in [6, 6.07) is 10.5. The molecule has 0 aliphatic heterocycles. The van der Waals surface area contributed by atoms with Gasteiger partial charge in [-0.05, 0) is 58.3 Å². The SMILES string of the molecule is O=C(CC1CCCc2ccccc21)c1csc(Br)c1. The predicted molar refractivity (Wildman–Crippen MR) is 83.1 cm³/mol. The first kappa shape index (κ1) is 13.1. The van der Waals surface area contributed by atoms with Gasteiger partial charge in [-0.1, -0.05) is 24.3 Å². The highest BCUT2D eigenvalue weighted by atomic mass is 79.9. The van der Waals surface area contributed by atoms with Crippen molar-refractivity contribution in [2.45, 2.75) is 31.6 Å². The fourth-order valence-corrected chi connectivity index (χ4v) is 4.03. The van der Waals surface area contributed by atoms with Crippen LogP contribution in [0.5, 0.6) is 0 Å². The fraction of sp³-hybridized carbons (Fsp3) is 0.312. The summed E-state index contributed by atoms with van der Waals surface area (Å²) in [4.78, 5) is 12.3. The Labute approximate surface area is 125 Å². The minimum absolute atomic E-state index is 0.267. The van der Waals surface area contributed by atoms with Crippen molar-refractivity contribution in [3.8, 4) is 0 Å². The molecule has 1 unspecified atom stereocenters. The maximum atomic E-state index is 12.3. The minimum Gasteiger partial charge on any atom is -0.294 e. The molecular weight excluding hydrogens is 320 g/mol. The van der Waals surface area contributed by atoms with E-state index in [1.165, 1.54) is 17.5 Å². The highest BCUT2D eigenvalue weighted by Crippen LogP contribution is 2.35. The van der Waals surface area contributed by atoms with Crippen molar-refractivity contribution in [1.82, 2.24) is 0 Å². The molecule has 1 heterocycles. The van der Waals surface area contributed by atoms with E-state index in [2.05, 4.69) is 40.2 Å². The summed E-state index contributed by atoms with van der Waals surface area (Å²) in [6.45, 7) is 0. The van der Waals surface area contributed by atoms with Crippen LogP contribution in [0.1, 0.15) is 46.7 Å². The minimum atomic E-state index is 0.267. The molecule has 1 aromatic heterocycles. The number of fused-ring (bicyclic) bond motifs is 1. The molecule has 0 spiro atoms. The number of carbonyl (C=O) groups excluding carboxylic acids is 1. The molecule has 1 aliphatic carbocycles. The van der Waals surface area contributed by atoms with Crippen molar-refractivity contribution >= 4 is 33.0 Å². The van der Waals surface area contributed by atoms with Gasteiger partial charge >= 0.3 is 0 Å². The number of thiophene rings is 1. The van der Waals surface area contributed by atoms with Gasteiger partial charge in [0.2, 0.25) is 0 Å². The van der Waals surface area contributed by atoms with E-state index in [0.717, 1.165) is 22.2 Å². The zero-order chi connectivity index (χ0) is 13.2. The molecule has 0 saturated heterocycles. The highest BCUT2D eigenvalue weighted by molar-refractivity contribution is 9.11. The van der Waals surface area contributed by atoms with Gasteiger partial charge in [0.1, 0.15) is 0 Å². The van der Waals surface area contributed by atoms with Gasteiger partial charge in [0, 0.05) is 17.4 Å². The Balaban J connectivity index is 1.79. The van der Waals surface area contributed by atoms with Gasteiger partial charge in [-0.2, -0.15) is 0 Å². The third kappa shape index (κ3) is 2.82. The molecule has 0 N–H and O–H groups in total. The smallest absolute Gasteiger partial charge is 0.164 e. The van der Waals surface area contributed by atoms with E-state index in [9.17, 15) is 4.79 Å². The molecule has 19 heavy (non-hydrogen) atoms. The van der Waals surface area contributed by atoms with Gasteiger partial charge in [-0.3, -0.25) is 4.79 Å². The van der Waals surface area contributed by atoms with Crippen molar-refractivity contribution < 1.29 is 4.79 Å². The normalized spacial score (nSPS) is 18.1. The number of Topliss-reactive ketones (excluding diaryl/α,β-unsaturated/α-hetero) is 1. The molecule has 98 valence electrons. The Hall–Kier alpha value is -0.930. The van der Waals surface area contributed by atoms with Crippen molar-refractivity contribution in [2.75, 3.05) is 0 Å². The maximum absolute atomic E-state index is 12.3. The van der Waals surface area contributed by atoms with Crippen LogP contribution in [0.4, 0.5) is 0 Å². The Morgan fingerprint density at radius 2 is 2.21 bits per heavy atom. The van der Waals surface area contributed by atoms with E-state index in [-0.39, 0.29) is 5.78 Å². The van der Waals surface area contributed by atoms with Gasteiger partial charge in [-0.15, -0.1) is 11.3 Å². The molecule has 2 aromatic rings. The number of halogens is 1. The monoisotopic (exact) mass is 334 g/mol. The van der Waals surface area contributed by atoms with E-state index in [1.807, 2.05) is 11.4 Å². The van der Waals surface area contributed by atoms with Gasteiger partial charge in [0.25, 0.3) is 0 Å². The maximum Gasteiger partial charge on any atom is 0.164 e. The lowest BCUT2D eigenvalue weighted by Gasteiger charge is -2.24. The third-order valence-corrected chi connectivity index (χ3v) is 5.32. The first-order valence-corrected chi connectivity index (χ1v) is 8.26. The Kier molecular flexibility index (Phi) is 3.85. The number of aryl methyl sites for hydroxylation is 1. The summed E-state index contributed by atoms with van der Waals surface area (Å²) < 4.78 is 1.03. The summed E-state index contributed by atoms with van der Waals surface area (Å²) in [7, 11) is 0. The van der Waals surface area contributed by atoms with Crippen molar-refractivity contribution in [3.05, 3.63) is 56.2 Å². The fourth-order valence-electron chi connectivity index (χ4n) is 2.86. The first-order chi connectivity index (χ1) is 9.24. The largest absolute Gasteiger partial charge is 0.294 e. The van der Waals surface area contributed by atoms with E-state index in [1.54, 1.807) is 11.3 Å². The lowest BCUT2D eigenvalue weighted by Crippen LogP contribution is -2.13. The zero-order valence-corrected chi connectivity index (χ0v) is 13.0. The number of ketones is 1. The van der Waals surface area contributed by atoms with E-state index >= 15 is 0 Å². The molecule has 0 fully saturated rings. The second-order valence-corrected chi connectivity index (χ2v) is 7.35. The summed E-state index contributed by atoms with van der Waals surface area (Å²) in [5.74, 6) is 0.666. The topological polar surface area (TPSA) is 17.1 Å². The molecule has 1 aromatic carbocycles. The molecule has 0 amide bonds. The van der Waals surface area contributed by atoms with Gasteiger partial charge in [-0.25, -0.2) is 0 Å². The Morgan fingerprint density at radius 1 is 1.37 bits per heavy atom. The van der Waals surface area contributed by atoms with E-state index < -0.39 is 0 Å². The van der Waals surface area contributed by atoms with Crippen molar-refractivity contribution in [3.63, 3.8) is 0 Å². The van der Waals surface area contributed by atoms with Gasteiger partial charge in [0.05, 0.1) is 3.79 Å². The van der Waals surface area contributed by atoms with Crippen LogP contribution in [0.2, 0.25) is 0 Å². The molecule has 0 saturated carbocycles. The summed E-state index contributed by atoms with van der Waals surface area (Å²) >= 11 is 4.99. The second-order valence-electron chi connectivity index (χ2n) is 5.05. The van der Waals surface area contributed by atoms with E-state index in [4.69, 9.17) is 0 Å². The summed E-state index contributed by atoms with van der Waals surface area (Å²) in [5, 5.41) is 1.95. The number of benzene rings is 1. The summed E-state index contributed by atoms with van der Waals surface area (Å²) in [6.07, 6.45) is 4.13. The number of hydrogen-bond donors (Lipinski definition) is 0. The van der Waals surface area contributed by atoms with Crippen LogP contribution in [0, 0.1) is 0 Å². The van der Waals surface area contributed by atoms with Crippen LogP contribution in [-0.2, 0) is 6.42 Å². The molecule has 0 bridgehead atoms. The lowest BCUT2D eigenvalue weighted by molar-refractivity contribution is 0.0971. The van der Waals surface area contributed by atoms with Gasteiger partial charge < -0.3 is 0 Å². The Morgan fingerprint density at radius 3 is 3.00 bits per heavy atom. The average Bonchev–Trinajstić information content (AvgIpc) is 2.86. The van der Waals surface area contributed by atoms with Crippen LogP contribution < -0.4 is 0 Å². The number of rotatable bonds is 3. The molecule has 1 nitrogen and oxygen atoms in total. The zero-order valence-electron chi connectivity index (χ0n) is 10.6. The third-order valence-electron chi connectivity index (χ3n) is 3.81. The molecule has 3 rings (SSSR count). The number of carbonyl (C=O) groups is 1. The first-order valence-electron chi connectivity index (χ1n) is 6.59. The van der Waals surface area contributed by atoms with Crippen LogP contribution in [-0.4, -0.2) is 5.78 Å². The van der Waals surface area contributed by atoms with Crippen LogP contribution in [0.3, 0.4) is 0 Å². The van der Waals surface area contributed by atoms with E-state index in [0.29, 0.717) is 12.3 Å². The van der Waals surface area contributed by atoms with Crippen LogP contribution in [0.15, 0.2) is 39.5 Å². The van der Waals surface area contributed by atoms with Crippen molar-refractivity contribution in [1.29, 1.82) is 0 Å². The predicted octanol–water partition coefficient (Wildman–Crippen LogP) is 5.20. The quantitative estimate of drug-likeness (QED) is 0.704. The summed E-state index contributed by atoms with van der Waals surface area (Å²) in [5.41, 5.74) is 3.66. The van der Waals surface area contributed by atoms with Crippen molar-refractivity contribution in [2.24, 2.45) is 0 Å².